The van der Waals surface area contributed by atoms with E-state index in [9.17, 15) is 14.7 Å². The third-order valence-corrected chi connectivity index (χ3v) is 6.89. The van der Waals surface area contributed by atoms with Crippen molar-refractivity contribution >= 4 is 11.9 Å². The summed E-state index contributed by atoms with van der Waals surface area (Å²) in [5, 5.41) is 11.1. The number of rotatable bonds is 2. The predicted octanol–water partition coefficient (Wildman–Crippen LogP) is 2.01. The number of aliphatic hydroxyl groups is 1. The van der Waals surface area contributed by atoms with Gasteiger partial charge in [-0.05, 0) is 32.6 Å². The van der Waals surface area contributed by atoms with Gasteiger partial charge in [0.05, 0.1) is 11.7 Å². The molecule has 2 heterocycles. The first kappa shape index (κ1) is 16.8. The van der Waals surface area contributed by atoms with Crippen LogP contribution in [0.15, 0.2) is 23.3 Å². The van der Waals surface area contributed by atoms with Crippen molar-refractivity contribution in [1.29, 1.82) is 0 Å². The number of carbonyl (C=O) groups excluding carboxylic acids is 2. The average Bonchev–Trinajstić information content (AvgIpc) is 3.17. The first-order valence-corrected chi connectivity index (χ1v) is 8.78. The highest BCUT2D eigenvalue weighted by molar-refractivity contribution is 5.93. The lowest BCUT2D eigenvalue weighted by Crippen LogP contribution is -2.64. The molecular formula is C19H24O6. The van der Waals surface area contributed by atoms with Gasteiger partial charge in [0, 0.05) is 23.0 Å². The van der Waals surface area contributed by atoms with Crippen molar-refractivity contribution in [3.63, 3.8) is 0 Å². The molecule has 6 heteroatoms. The smallest absolute Gasteiger partial charge is 0.336 e. The first-order valence-electron chi connectivity index (χ1n) is 8.78. The molecule has 2 aliphatic heterocycles. The lowest BCUT2D eigenvalue weighted by Gasteiger charge is -2.54. The minimum Gasteiger partial charge on any atom is -0.453 e. The monoisotopic (exact) mass is 348 g/mol. The quantitative estimate of drug-likeness (QED) is 0.467. The molecule has 0 amide bonds. The van der Waals surface area contributed by atoms with Gasteiger partial charge < -0.3 is 19.3 Å². The first-order chi connectivity index (χ1) is 11.6. The number of carbonyl (C=O) groups is 2. The summed E-state index contributed by atoms with van der Waals surface area (Å²) < 4.78 is 17.2. The molecule has 1 N–H and O–H groups in total. The predicted molar refractivity (Wildman–Crippen MR) is 87.2 cm³/mol. The summed E-state index contributed by atoms with van der Waals surface area (Å²) in [5.41, 5.74) is -0.241. The summed E-state index contributed by atoms with van der Waals surface area (Å²) in [7, 11) is 0. The van der Waals surface area contributed by atoms with E-state index in [4.69, 9.17) is 14.2 Å². The topological polar surface area (TPSA) is 85.4 Å². The highest BCUT2D eigenvalue weighted by Crippen LogP contribution is 2.70. The summed E-state index contributed by atoms with van der Waals surface area (Å²) in [4.78, 5) is 24.5. The number of ether oxygens (including phenoxy) is 3. The Morgan fingerprint density at radius 3 is 2.72 bits per heavy atom. The lowest BCUT2D eigenvalue weighted by molar-refractivity contribution is -0.225. The fourth-order valence-corrected chi connectivity index (χ4v) is 5.20. The zero-order valence-electron chi connectivity index (χ0n) is 15.0. The Hall–Kier alpha value is -1.66. The zero-order valence-corrected chi connectivity index (χ0v) is 15.0. The number of hydrogen-bond donors (Lipinski definition) is 1. The van der Waals surface area contributed by atoms with Crippen LogP contribution in [-0.2, 0) is 23.8 Å². The number of hydrogen-bond acceptors (Lipinski definition) is 6. The van der Waals surface area contributed by atoms with Crippen LogP contribution < -0.4 is 0 Å². The van der Waals surface area contributed by atoms with Gasteiger partial charge in [-0.3, -0.25) is 0 Å². The maximum atomic E-state index is 12.3. The standard InChI is InChI=1S/C19H24O6/c1-9(2)15(20)23-14-13-11(4)16(21)25-19(13,22)8-18-12(24-18)7-6-10(3)17(14,18)5/h10,12,14,22H,1,6-8H2,2-5H3/t10-,12+,14+,17-,18+,19-/m0/s1. The van der Waals surface area contributed by atoms with Crippen molar-refractivity contribution < 1.29 is 28.9 Å². The van der Waals surface area contributed by atoms with Gasteiger partial charge in [0.25, 0.3) is 0 Å². The molecule has 6 nitrogen and oxygen atoms in total. The van der Waals surface area contributed by atoms with E-state index in [1.165, 1.54) is 0 Å². The molecule has 0 aromatic carbocycles. The van der Waals surface area contributed by atoms with Gasteiger partial charge in [0.1, 0.15) is 11.7 Å². The van der Waals surface area contributed by atoms with Crippen molar-refractivity contribution in [2.24, 2.45) is 11.3 Å². The van der Waals surface area contributed by atoms with Crippen LogP contribution in [0.3, 0.4) is 0 Å². The Balaban J connectivity index is 1.89. The summed E-state index contributed by atoms with van der Waals surface area (Å²) in [6, 6.07) is 0. The van der Waals surface area contributed by atoms with Crippen LogP contribution in [0, 0.1) is 11.3 Å². The maximum absolute atomic E-state index is 12.3. The van der Waals surface area contributed by atoms with E-state index in [1.54, 1.807) is 13.8 Å². The van der Waals surface area contributed by atoms with E-state index in [1.807, 2.05) is 6.92 Å². The molecule has 0 radical (unpaired) electrons. The van der Waals surface area contributed by atoms with Crippen molar-refractivity contribution in [3.05, 3.63) is 23.3 Å². The van der Waals surface area contributed by atoms with E-state index in [2.05, 4.69) is 13.5 Å². The van der Waals surface area contributed by atoms with E-state index in [0.717, 1.165) is 12.8 Å². The Labute approximate surface area is 146 Å². The molecule has 0 bridgehead atoms. The van der Waals surface area contributed by atoms with Crippen LogP contribution in [0.2, 0.25) is 0 Å². The lowest BCUT2D eigenvalue weighted by atomic mass is 9.51. The SMILES string of the molecule is C=C(C)C(=O)O[C@@H]1C2=C(C)C(=O)O[C@@]2(O)C[C@@]23O[C@@H]2CC[C@H](C)[C@@]13C. The molecule has 0 unspecified atom stereocenters. The Morgan fingerprint density at radius 2 is 2.08 bits per heavy atom. The number of fused-ring (bicyclic) bond motifs is 1. The summed E-state index contributed by atoms with van der Waals surface area (Å²) >= 11 is 0. The van der Waals surface area contributed by atoms with E-state index >= 15 is 0 Å². The summed E-state index contributed by atoms with van der Waals surface area (Å²) in [6.07, 6.45) is 1.21. The molecule has 4 rings (SSSR count). The van der Waals surface area contributed by atoms with Crippen molar-refractivity contribution in [2.75, 3.05) is 0 Å². The van der Waals surface area contributed by atoms with Gasteiger partial charge in [-0.15, -0.1) is 0 Å². The molecule has 4 aliphatic rings. The minimum atomic E-state index is -1.77. The van der Waals surface area contributed by atoms with E-state index in [-0.39, 0.29) is 24.0 Å². The molecular weight excluding hydrogens is 324 g/mol. The van der Waals surface area contributed by atoms with Gasteiger partial charge in [-0.25, -0.2) is 9.59 Å². The maximum Gasteiger partial charge on any atom is 0.336 e. The molecule has 136 valence electrons. The van der Waals surface area contributed by atoms with Crippen LogP contribution in [0.25, 0.3) is 0 Å². The fourth-order valence-electron chi connectivity index (χ4n) is 5.20. The largest absolute Gasteiger partial charge is 0.453 e. The van der Waals surface area contributed by atoms with Gasteiger partial charge >= 0.3 is 11.9 Å². The van der Waals surface area contributed by atoms with Crippen LogP contribution in [0.4, 0.5) is 0 Å². The summed E-state index contributed by atoms with van der Waals surface area (Å²) in [6.45, 7) is 11.0. The van der Waals surface area contributed by atoms with E-state index < -0.39 is 34.8 Å². The molecule has 1 saturated heterocycles. The molecule has 0 aromatic rings. The Morgan fingerprint density at radius 1 is 1.40 bits per heavy atom. The van der Waals surface area contributed by atoms with E-state index in [0.29, 0.717) is 11.1 Å². The third kappa shape index (κ3) is 1.87. The molecule has 3 fully saturated rings. The van der Waals surface area contributed by atoms with Crippen LogP contribution >= 0.6 is 0 Å². The van der Waals surface area contributed by atoms with Crippen LogP contribution in [0.1, 0.15) is 47.0 Å². The van der Waals surface area contributed by atoms with Crippen LogP contribution in [-0.4, -0.2) is 40.6 Å². The average molecular weight is 348 g/mol. The Bertz CT molecular complexity index is 738. The highest BCUT2D eigenvalue weighted by Gasteiger charge is 2.80. The van der Waals surface area contributed by atoms with Crippen molar-refractivity contribution in [3.8, 4) is 0 Å². The zero-order chi connectivity index (χ0) is 18.4. The third-order valence-electron chi connectivity index (χ3n) is 6.89. The minimum absolute atomic E-state index is 0.00934. The molecule has 2 aliphatic carbocycles. The van der Waals surface area contributed by atoms with Crippen molar-refractivity contribution in [1.82, 2.24) is 0 Å². The highest BCUT2D eigenvalue weighted by atomic mass is 16.7. The second-order valence-electron chi connectivity index (χ2n) is 8.21. The molecule has 6 atom stereocenters. The number of epoxide rings is 1. The summed E-state index contributed by atoms with van der Waals surface area (Å²) in [5.74, 6) is -2.70. The van der Waals surface area contributed by atoms with Gasteiger partial charge in [-0.1, -0.05) is 20.4 Å². The molecule has 1 spiro atoms. The fraction of sp³-hybridized carbons (Fsp3) is 0.684. The van der Waals surface area contributed by atoms with Gasteiger partial charge in [-0.2, -0.15) is 0 Å². The second-order valence-corrected chi connectivity index (χ2v) is 8.21. The molecule has 25 heavy (non-hydrogen) atoms. The molecule has 0 aromatic heterocycles. The normalized spacial score (nSPS) is 47.4. The molecule has 2 saturated carbocycles. The van der Waals surface area contributed by atoms with Gasteiger partial charge in [0.2, 0.25) is 5.79 Å². The van der Waals surface area contributed by atoms with Gasteiger partial charge in [0.15, 0.2) is 0 Å². The number of esters is 2. The van der Waals surface area contributed by atoms with Crippen LogP contribution in [0.5, 0.6) is 0 Å². The second kappa shape index (κ2) is 4.74. The van der Waals surface area contributed by atoms with Crippen molar-refractivity contribution in [2.45, 2.75) is 70.6 Å². The Kier molecular flexibility index (Phi) is 3.18.